The number of hydrogen-bond acceptors (Lipinski definition) is 2. The molecule has 3 nitrogen and oxygen atoms in total. The van der Waals surface area contributed by atoms with Gasteiger partial charge in [-0.15, -0.1) is 0 Å². The molecule has 1 aromatic rings. The molecule has 0 unspecified atom stereocenters. The first kappa shape index (κ1) is 13.6. The summed E-state index contributed by atoms with van der Waals surface area (Å²) in [5.41, 5.74) is 0.593. The van der Waals surface area contributed by atoms with Gasteiger partial charge >= 0.3 is 0 Å². The molecular weight excluding hydrogens is 259 g/mol. The fraction of sp³-hybridized carbons (Fsp3) is 0.167. The molecule has 0 saturated carbocycles. The highest BCUT2D eigenvalue weighted by Crippen LogP contribution is 2.23. The molecule has 0 spiro atoms. The second-order valence-electron chi connectivity index (χ2n) is 3.20. The van der Waals surface area contributed by atoms with Gasteiger partial charge in [0.05, 0.1) is 0 Å². The normalized spacial score (nSPS) is 10.8. The first-order chi connectivity index (χ1) is 8.08. The Labute approximate surface area is 110 Å². The topological polar surface area (TPSA) is 52.9 Å². The Morgan fingerprint density at radius 1 is 1.53 bits per heavy atom. The first-order valence-electron chi connectivity index (χ1n) is 4.93. The molecule has 1 aromatic carbocycles. The molecule has 1 rings (SSSR count). The van der Waals surface area contributed by atoms with Crippen molar-refractivity contribution in [2.45, 2.75) is 6.92 Å². The third-order valence-corrected chi connectivity index (χ3v) is 2.53. The zero-order valence-electron chi connectivity index (χ0n) is 9.13. The summed E-state index contributed by atoms with van der Waals surface area (Å²) < 4.78 is 0. The number of hydrogen-bond donors (Lipinski definition) is 1. The van der Waals surface area contributed by atoms with Crippen molar-refractivity contribution in [2.75, 3.05) is 6.54 Å². The van der Waals surface area contributed by atoms with Gasteiger partial charge in [-0.1, -0.05) is 29.3 Å². The van der Waals surface area contributed by atoms with E-state index in [2.05, 4.69) is 5.32 Å². The zero-order valence-corrected chi connectivity index (χ0v) is 10.6. The average molecular weight is 269 g/mol. The molecule has 0 saturated heterocycles. The Kier molecular flexibility index (Phi) is 5.02. The van der Waals surface area contributed by atoms with E-state index < -0.39 is 5.91 Å². The van der Waals surface area contributed by atoms with Crippen LogP contribution in [0.2, 0.25) is 10.0 Å². The summed E-state index contributed by atoms with van der Waals surface area (Å²) in [6.45, 7) is 2.24. The highest BCUT2D eigenvalue weighted by molar-refractivity contribution is 6.35. The van der Waals surface area contributed by atoms with Gasteiger partial charge in [0.2, 0.25) is 0 Å². The molecule has 0 aliphatic carbocycles. The number of carbonyl (C=O) groups excluding carboxylic acids is 1. The predicted octanol–water partition coefficient (Wildman–Crippen LogP) is 3.04. The third kappa shape index (κ3) is 3.77. The summed E-state index contributed by atoms with van der Waals surface area (Å²) in [6, 6.07) is 6.69. The van der Waals surface area contributed by atoms with E-state index in [4.69, 9.17) is 28.5 Å². The maximum absolute atomic E-state index is 11.5. The summed E-state index contributed by atoms with van der Waals surface area (Å²) >= 11 is 11.7. The maximum Gasteiger partial charge on any atom is 0.261 e. The minimum Gasteiger partial charge on any atom is -0.352 e. The Hall–Kier alpha value is -1.50. The lowest BCUT2D eigenvalue weighted by atomic mass is 10.1. The molecular formula is C12H10Cl2N2O. The Morgan fingerprint density at radius 3 is 2.76 bits per heavy atom. The summed E-state index contributed by atoms with van der Waals surface area (Å²) in [5, 5.41) is 12.3. The number of carbonyl (C=O) groups is 1. The van der Waals surface area contributed by atoms with Crippen molar-refractivity contribution in [3.63, 3.8) is 0 Å². The number of nitriles is 1. The lowest BCUT2D eigenvalue weighted by molar-refractivity contribution is -0.116. The molecule has 1 N–H and O–H groups in total. The summed E-state index contributed by atoms with van der Waals surface area (Å²) in [5.74, 6) is -0.416. The van der Waals surface area contributed by atoms with Gasteiger partial charge in [-0.05, 0) is 30.7 Å². The monoisotopic (exact) mass is 268 g/mol. The van der Waals surface area contributed by atoms with Crippen LogP contribution in [0.4, 0.5) is 0 Å². The van der Waals surface area contributed by atoms with E-state index in [1.165, 1.54) is 6.08 Å². The van der Waals surface area contributed by atoms with Gasteiger partial charge in [-0.25, -0.2) is 0 Å². The van der Waals surface area contributed by atoms with Crippen LogP contribution in [-0.4, -0.2) is 12.5 Å². The molecule has 0 aliphatic heterocycles. The van der Waals surface area contributed by atoms with Crippen LogP contribution in [0.5, 0.6) is 0 Å². The van der Waals surface area contributed by atoms with Gasteiger partial charge in [-0.3, -0.25) is 4.79 Å². The molecule has 0 radical (unpaired) electrons. The SMILES string of the molecule is CCNC(=O)C(C#N)=Cc1ccc(Cl)cc1Cl. The van der Waals surface area contributed by atoms with Crippen LogP contribution in [0.25, 0.3) is 6.08 Å². The standard InChI is InChI=1S/C12H10Cl2N2O/c1-2-16-12(17)9(7-15)5-8-3-4-10(13)6-11(8)14/h3-6H,2H2,1H3,(H,16,17). The minimum absolute atomic E-state index is 0.0103. The van der Waals surface area contributed by atoms with Gasteiger partial charge in [0.25, 0.3) is 5.91 Å². The van der Waals surface area contributed by atoms with Crippen LogP contribution in [0.15, 0.2) is 23.8 Å². The van der Waals surface area contributed by atoms with E-state index in [0.717, 1.165) is 0 Å². The van der Waals surface area contributed by atoms with Crippen LogP contribution >= 0.6 is 23.2 Å². The quantitative estimate of drug-likeness (QED) is 0.677. The molecule has 0 bridgehead atoms. The predicted molar refractivity (Wildman–Crippen MR) is 68.7 cm³/mol. The van der Waals surface area contributed by atoms with Crippen LogP contribution in [0.1, 0.15) is 12.5 Å². The summed E-state index contributed by atoms with van der Waals surface area (Å²) in [7, 11) is 0. The fourth-order valence-electron chi connectivity index (χ4n) is 1.18. The van der Waals surface area contributed by atoms with E-state index in [0.29, 0.717) is 22.2 Å². The summed E-state index contributed by atoms with van der Waals surface area (Å²) in [4.78, 5) is 11.5. The van der Waals surface area contributed by atoms with E-state index >= 15 is 0 Å². The first-order valence-corrected chi connectivity index (χ1v) is 5.69. The van der Waals surface area contributed by atoms with Crippen molar-refractivity contribution >= 4 is 35.2 Å². The van der Waals surface area contributed by atoms with Crippen LogP contribution in [0, 0.1) is 11.3 Å². The number of rotatable bonds is 3. The average Bonchev–Trinajstić information content (AvgIpc) is 2.28. The number of amides is 1. The number of nitrogens with one attached hydrogen (secondary N) is 1. The van der Waals surface area contributed by atoms with Gasteiger partial charge in [0, 0.05) is 16.6 Å². The number of likely N-dealkylation sites (N-methyl/N-ethyl adjacent to an activating group) is 1. The second kappa shape index (κ2) is 6.29. The number of nitrogens with zero attached hydrogens (tertiary/aromatic N) is 1. The molecule has 1 amide bonds. The maximum atomic E-state index is 11.5. The van der Waals surface area contributed by atoms with Gasteiger partial charge in [0.15, 0.2) is 0 Å². The lowest BCUT2D eigenvalue weighted by Crippen LogP contribution is -2.23. The smallest absolute Gasteiger partial charge is 0.261 e. The highest BCUT2D eigenvalue weighted by atomic mass is 35.5. The molecule has 0 fully saturated rings. The Bertz CT molecular complexity index is 504. The largest absolute Gasteiger partial charge is 0.352 e. The van der Waals surface area contributed by atoms with Crippen molar-refractivity contribution in [1.82, 2.24) is 5.32 Å². The third-order valence-electron chi connectivity index (χ3n) is 1.96. The molecule has 0 aliphatic rings. The van der Waals surface area contributed by atoms with E-state index in [-0.39, 0.29) is 5.57 Å². The van der Waals surface area contributed by atoms with E-state index in [1.54, 1.807) is 25.1 Å². The van der Waals surface area contributed by atoms with Gasteiger partial charge < -0.3 is 5.32 Å². The second-order valence-corrected chi connectivity index (χ2v) is 4.04. The fourth-order valence-corrected chi connectivity index (χ4v) is 1.64. The minimum atomic E-state index is -0.416. The molecule has 88 valence electrons. The Morgan fingerprint density at radius 2 is 2.24 bits per heavy atom. The number of benzene rings is 1. The van der Waals surface area contributed by atoms with Gasteiger partial charge in [0.1, 0.15) is 11.6 Å². The number of halogens is 2. The van der Waals surface area contributed by atoms with Crippen molar-refractivity contribution in [3.8, 4) is 6.07 Å². The van der Waals surface area contributed by atoms with Crippen molar-refractivity contribution in [1.29, 1.82) is 5.26 Å². The van der Waals surface area contributed by atoms with E-state index in [9.17, 15) is 4.79 Å². The molecule has 0 heterocycles. The van der Waals surface area contributed by atoms with Gasteiger partial charge in [-0.2, -0.15) is 5.26 Å². The zero-order chi connectivity index (χ0) is 12.8. The summed E-state index contributed by atoms with van der Waals surface area (Å²) in [6.07, 6.45) is 1.43. The van der Waals surface area contributed by atoms with Crippen LogP contribution in [0.3, 0.4) is 0 Å². The molecule has 0 aromatic heterocycles. The Balaban J connectivity index is 3.07. The molecule has 0 atom stereocenters. The highest BCUT2D eigenvalue weighted by Gasteiger charge is 2.08. The van der Waals surface area contributed by atoms with Crippen molar-refractivity contribution in [2.24, 2.45) is 0 Å². The molecule has 17 heavy (non-hydrogen) atoms. The van der Waals surface area contributed by atoms with Crippen LogP contribution in [-0.2, 0) is 4.79 Å². The van der Waals surface area contributed by atoms with Crippen LogP contribution < -0.4 is 5.32 Å². The lowest BCUT2D eigenvalue weighted by Gasteiger charge is -2.02. The van der Waals surface area contributed by atoms with E-state index in [1.807, 2.05) is 6.07 Å². The van der Waals surface area contributed by atoms with Crippen molar-refractivity contribution < 1.29 is 4.79 Å². The van der Waals surface area contributed by atoms with Crippen molar-refractivity contribution in [3.05, 3.63) is 39.4 Å². The molecule has 5 heteroatoms.